The third kappa shape index (κ3) is 4.84. The Balaban J connectivity index is 2.04. The zero-order valence-electron chi connectivity index (χ0n) is 13.3. The SMILES string of the molecule is CC(=CC(=O)N1CCCC1C(=O)NCC(F)(F)F)c1ccccc1. The molecule has 0 radical (unpaired) electrons. The van der Waals surface area contributed by atoms with Crippen LogP contribution < -0.4 is 5.32 Å². The number of alkyl halides is 3. The molecular formula is C17H19F3N2O2. The molecule has 7 heteroatoms. The second kappa shape index (κ2) is 7.51. The number of benzene rings is 1. The van der Waals surface area contributed by atoms with Crippen LogP contribution in [0.4, 0.5) is 13.2 Å². The van der Waals surface area contributed by atoms with E-state index in [9.17, 15) is 22.8 Å². The molecule has 130 valence electrons. The summed E-state index contributed by atoms with van der Waals surface area (Å²) >= 11 is 0. The molecular weight excluding hydrogens is 321 g/mol. The molecule has 1 aliphatic heterocycles. The molecule has 2 rings (SSSR count). The number of hydrogen-bond acceptors (Lipinski definition) is 2. The summed E-state index contributed by atoms with van der Waals surface area (Å²) in [5, 5.41) is 1.86. The lowest BCUT2D eigenvalue weighted by molar-refractivity contribution is -0.143. The summed E-state index contributed by atoms with van der Waals surface area (Å²) in [6.45, 7) is 0.757. The van der Waals surface area contributed by atoms with Gasteiger partial charge in [-0.1, -0.05) is 30.3 Å². The van der Waals surface area contributed by atoms with Crippen LogP contribution in [0.25, 0.3) is 5.57 Å². The fourth-order valence-corrected chi connectivity index (χ4v) is 2.66. The van der Waals surface area contributed by atoms with Crippen molar-refractivity contribution in [1.29, 1.82) is 0 Å². The first-order valence-corrected chi connectivity index (χ1v) is 7.67. The van der Waals surface area contributed by atoms with E-state index >= 15 is 0 Å². The number of carbonyl (C=O) groups is 2. The summed E-state index contributed by atoms with van der Waals surface area (Å²) < 4.78 is 36.6. The molecule has 1 saturated heterocycles. The fourth-order valence-electron chi connectivity index (χ4n) is 2.66. The molecule has 1 N–H and O–H groups in total. The van der Waals surface area contributed by atoms with Crippen molar-refractivity contribution in [2.45, 2.75) is 32.0 Å². The summed E-state index contributed by atoms with van der Waals surface area (Å²) in [4.78, 5) is 25.7. The highest BCUT2D eigenvalue weighted by atomic mass is 19.4. The topological polar surface area (TPSA) is 49.4 Å². The number of likely N-dealkylation sites (tertiary alicyclic amines) is 1. The van der Waals surface area contributed by atoms with Gasteiger partial charge in [-0.3, -0.25) is 9.59 Å². The second-order valence-electron chi connectivity index (χ2n) is 5.72. The van der Waals surface area contributed by atoms with Gasteiger partial charge in [-0.25, -0.2) is 0 Å². The minimum Gasteiger partial charge on any atom is -0.345 e. The lowest BCUT2D eigenvalue weighted by atomic mass is 10.1. The van der Waals surface area contributed by atoms with Crippen molar-refractivity contribution in [2.75, 3.05) is 13.1 Å². The number of nitrogens with zero attached hydrogens (tertiary/aromatic N) is 1. The van der Waals surface area contributed by atoms with Crippen molar-refractivity contribution in [2.24, 2.45) is 0 Å². The molecule has 0 spiro atoms. The summed E-state index contributed by atoms with van der Waals surface area (Å²) in [5.74, 6) is -1.12. The van der Waals surface area contributed by atoms with E-state index < -0.39 is 24.7 Å². The van der Waals surface area contributed by atoms with Gasteiger partial charge in [0.05, 0.1) is 0 Å². The minimum absolute atomic E-state index is 0.360. The van der Waals surface area contributed by atoms with Gasteiger partial charge in [0.15, 0.2) is 0 Å². The standard InChI is InChI=1S/C17H19F3N2O2/c1-12(13-6-3-2-4-7-13)10-15(23)22-9-5-8-14(22)16(24)21-11-17(18,19)20/h2-4,6-7,10,14H,5,8-9,11H2,1H3,(H,21,24). The zero-order chi connectivity index (χ0) is 17.7. The van der Waals surface area contributed by atoms with Crippen LogP contribution in [-0.2, 0) is 9.59 Å². The van der Waals surface area contributed by atoms with E-state index in [0.29, 0.717) is 19.4 Å². The van der Waals surface area contributed by atoms with E-state index in [-0.39, 0.29) is 5.91 Å². The molecule has 1 fully saturated rings. The molecule has 1 aromatic carbocycles. The van der Waals surface area contributed by atoms with Gasteiger partial charge in [0, 0.05) is 12.6 Å². The number of nitrogens with one attached hydrogen (secondary N) is 1. The predicted molar refractivity (Wildman–Crippen MR) is 83.9 cm³/mol. The molecule has 4 nitrogen and oxygen atoms in total. The van der Waals surface area contributed by atoms with E-state index in [1.54, 1.807) is 6.92 Å². The Morgan fingerprint density at radius 3 is 2.58 bits per heavy atom. The maximum Gasteiger partial charge on any atom is 0.405 e. The van der Waals surface area contributed by atoms with Gasteiger partial charge in [0.2, 0.25) is 11.8 Å². The number of rotatable bonds is 4. The first kappa shape index (κ1) is 18.0. The van der Waals surface area contributed by atoms with Crippen LogP contribution in [-0.4, -0.2) is 42.0 Å². The van der Waals surface area contributed by atoms with Crippen LogP contribution >= 0.6 is 0 Å². The highest BCUT2D eigenvalue weighted by Crippen LogP contribution is 2.21. The van der Waals surface area contributed by atoms with E-state index in [1.165, 1.54) is 11.0 Å². The van der Waals surface area contributed by atoms with Crippen LogP contribution in [0, 0.1) is 0 Å². The third-order valence-electron chi connectivity index (χ3n) is 3.87. The van der Waals surface area contributed by atoms with Crippen LogP contribution in [0.1, 0.15) is 25.3 Å². The molecule has 0 bridgehead atoms. The summed E-state index contributed by atoms with van der Waals surface area (Å²) in [7, 11) is 0. The van der Waals surface area contributed by atoms with E-state index in [1.807, 2.05) is 35.6 Å². The van der Waals surface area contributed by atoms with E-state index in [4.69, 9.17) is 0 Å². The average molecular weight is 340 g/mol. The van der Waals surface area contributed by atoms with Crippen molar-refractivity contribution < 1.29 is 22.8 Å². The quantitative estimate of drug-likeness (QED) is 0.857. The Hall–Kier alpha value is -2.31. The number of amides is 2. The lowest BCUT2D eigenvalue weighted by Crippen LogP contribution is -2.47. The largest absolute Gasteiger partial charge is 0.405 e. The first-order chi connectivity index (χ1) is 11.3. The molecule has 2 amide bonds. The molecule has 1 aliphatic rings. The lowest BCUT2D eigenvalue weighted by Gasteiger charge is -2.23. The van der Waals surface area contributed by atoms with Gasteiger partial charge in [0.1, 0.15) is 12.6 Å². The highest BCUT2D eigenvalue weighted by molar-refractivity contribution is 5.98. The summed E-state index contributed by atoms with van der Waals surface area (Å²) in [6, 6.07) is 8.42. The highest BCUT2D eigenvalue weighted by Gasteiger charge is 2.35. The van der Waals surface area contributed by atoms with Crippen molar-refractivity contribution in [3.05, 3.63) is 42.0 Å². The van der Waals surface area contributed by atoms with Crippen molar-refractivity contribution >= 4 is 17.4 Å². The van der Waals surface area contributed by atoms with Gasteiger partial charge < -0.3 is 10.2 Å². The van der Waals surface area contributed by atoms with Crippen molar-refractivity contribution in [3.63, 3.8) is 0 Å². The van der Waals surface area contributed by atoms with Gasteiger partial charge >= 0.3 is 6.18 Å². The van der Waals surface area contributed by atoms with Gasteiger partial charge in [0.25, 0.3) is 0 Å². The van der Waals surface area contributed by atoms with E-state index in [2.05, 4.69) is 0 Å². The second-order valence-corrected chi connectivity index (χ2v) is 5.72. The normalized spacial score (nSPS) is 18.6. The molecule has 1 heterocycles. The molecule has 1 unspecified atom stereocenters. The Kier molecular flexibility index (Phi) is 5.64. The Morgan fingerprint density at radius 1 is 1.29 bits per heavy atom. The number of halogens is 3. The van der Waals surface area contributed by atoms with Crippen LogP contribution in [0.2, 0.25) is 0 Å². The molecule has 1 atom stereocenters. The third-order valence-corrected chi connectivity index (χ3v) is 3.87. The fraction of sp³-hybridized carbons (Fsp3) is 0.412. The molecule has 0 aromatic heterocycles. The smallest absolute Gasteiger partial charge is 0.345 e. The molecule has 24 heavy (non-hydrogen) atoms. The first-order valence-electron chi connectivity index (χ1n) is 7.67. The number of hydrogen-bond donors (Lipinski definition) is 1. The monoisotopic (exact) mass is 340 g/mol. The van der Waals surface area contributed by atoms with Crippen LogP contribution in [0.5, 0.6) is 0 Å². The Bertz CT molecular complexity index is 626. The van der Waals surface area contributed by atoms with Crippen molar-refractivity contribution in [3.8, 4) is 0 Å². The van der Waals surface area contributed by atoms with Crippen molar-refractivity contribution in [1.82, 2.24) is 10.2 Å². The zero-order valence-corrected chi connectivity index (χ0v) is 13.3. The number of allylic oxidation sites excluding steroid dienone is 1. The Labute approximate surface area is 138 Å². The molecule has 0 saturated carbocycles. The summed E-state index contributed by atoms with van der Waals surface area (Å²) in [5.41, 5.74) is 1.62. The number of carbonyl (C=O) groups excluding carboxylic acids is 2. The average Bonchev–Trinajstić information content (AvgIpc) is 3.02. The van der Waals surface area contributed by atoms with Crippen LogP contribution in [0.15, 0.2) is 36.4 Å². The van der Waals surface area contributed by atoms with E-state index in [0.717, 1.165) is 11.1 Å². The van der Waals surface area contributed by atoms with Crippen LogP contribution in [0.3, 0.4) is 0 Å². The van der Waals surface area contributed by atoms with Gasteiger partial charge in [-0.05, 0) is 30.9 Å². The molecule has 0 aliphatic carbocycles. The minimum atomic E-state index is -4.47. The van der Waals surface area contributed by atoms with Gasteiger partial charge in [-0.2, -0.15) is 13.2 Å². The predicted octanol–water partition coefficient (Wildman–Crippen LogP) is 2.76. The maximum atomic E-state index is 12.4. The maximum absolute atomic E-state index is 12.4. The van der Waals surface area contributed by atoms with Gasteiger partial charge in [-0.15, -0.1) is 0 Å². The molecule has 1 aromatic rings. The summed E-state index contributed by atoms with van der Waals surface area (Å²) in [6.07, 6.45) is -2.08. The Morgan fingerprint density at radius 2 is 1.96 bits per heavy atom.